The van der Waals surface area contributed by atoms with Crippen LogP contribution >= 0.6 is 0 Å². The van der Waals surface area contributed by atoms with E-state index in [0.717, 1.165) is 28.5 Å². The van der Waals surface area contributed by atoms with Gasteiger partial charge in [-0.3, -0.25) is 4.68 Å². The summed E-state index contributed by atoms with van der Waals surface area (Å²) in [7, 11) is 0. The summed E-state index contributed by atoms with van der Waals surface area (Å²) in [5.74, 6) is -0.460. The van der Waals surface area contributed by atoms with Gasteiger partial charge in [-0.1, -0.05) is 0 Å². The summed E-state index contributed by atoms with van der Waals surface area (Å²) in [6.07, 6.45) is 0.109. The minimum atomic E-state index is -1.03. The zero-order valence-corrected chi connectivity index (χ0v) is 18.0. The molecule has 0 amide bonds. The van der Waals surface area contributed by atoms with Crippen molar-refractivity contribution in [2.24, 2.45) is 5.73 Å². The molecular weight excluding hydrogens is 426 g/mol. The number of nitrogens with two attached hydrogens (primary N) is 1. The van der Waals surface area contributed by atoms with Gasteiger partial charge in [0.1, 0.15) is 23.5 Å². The highest BCUT2D eigenvalue weighted by molar-refractivity contribution is 5.86. The van der Waals surface area contributed by atoms with Gasteiger partial charge >= 0.3 is 0 Å². The third kappa shape index (κ3) is 2.96. The van der Waals surface area contributed by atoms with E-state index in [0.29, 0.717) is 30.8 Å². The molecule has 0 bridgehead atoms. The Morgan fingerprint density at radius 3 is 2.76 bits per heavy atom. The molecule has 2 aliphatic rings. The van der Waals surface area contributed by atoms with E-state index in [2.05, 4.69) is 23.0 Å². The molecule has 2 unspecified atom stereocenters. The fraction of sp³-hybridized carbons (Fsp3) is 0.348. The lowest BCUT2D eigenvalue weighted by molar-refractivity contribution is 0.333. The van der Waals surface area contributed by atoms with Crippen molar-refractivity contribution >= 4 is 27.8 Å². The van der Waals surface area contributed by atoms with Crippen LogP contribution in [-0.2, 0) is 6.54 Å². The maximum Gasteiger partial charge on any atom is 0.171 e. The van der Waals surface area contributed by atoms with E-state index in [9.17, 15) is 14.0 Å². The van der Waals surface area contributed by atoms with Gasteiger partial charge in [0.15, 0.2) is 5.82 Å². The van der Waals surface area contributed by atoms with Crippen LogP contribution in [0.2, 0.25) is 0 Å². The third-order valence-electron chi connectivity index (χ3n) is 6.73. The Hall–Kier alpha value is -3.71. The fourth-order valence-corrected chi connectivity index (χ4v) is 5.08. The van der Waals surface area contributed by atoms with E-state index >= 15 is 0 Å². The number of benzene rings is 1. The number of hydrogen-bond donors (Lipinski definition) is 1. The minimum absolute atomic E-state index is 0.0432. The molecule has 3 aromatic heterocycles. The predicted molar refractivity (Wildman–Crippen MR) is 120 cm³/mol. The number of nitriles is 1. The van der Waals surface area contributed by atoms with Crippen molar-refractivity contribution in [1.29, 1.82) is 5.26 Å². The second-order valence-corrected chi connectivity index (χ2v) is 8.88. The highest BCUT2D eigenvalue weighted by atomic mass is 19.1. The van der Waals surface area contributed by atoms with E-state index in [-0.39, 0.29) is 18.3 Å². The Balaban J connectivity index is 1.40. The van der Waals surface area contributed by atoms with Crippen LogP contribution in [0.25, 0.3) is 16.4 Å². The topological polar surface area (TPSA) is 91.4 Å². The molecule has 10 heteroatoms. The lowest BCUT2D eigenvalue weighted by Gasteiger charge is -2.34. The number of hydrogen-bond acceptors (Lipinski definition) is 6. The Morgan fingerprint density at radius 1 is 1.15 bits per heavy atom. The number of anilines is 2. The molecule has 168 valence electrons. The van der Waals surface area contributed by atoms with Crippen molar-refractivity contribution in [3.63, 3.8) is 0 Å². The first-order valence-electron chi connectivity index (χ1n) is 10.9. The summed E-state index contributed by atoms with van der Waals surface area (Å²) in [5.41, 5.74) is 9.90. The summed E-state index contributed by atoms with van der Waals surface area (Å²) in [6, 6.07) is 11.1. The summed E-state index contributed by atoms with van der Waals surface area (Å²) < 4.78 is 31.9. The van der Waals surface area contributed by atoms with Gasteiger partial charge in [-0.15, -0.1) is 0 Å². The molecule has 0 aliphatic carbocycles. The van der Waals surface area contributed by atoms with Crippen LogP contribution in [0, 0.1) is 17.1 Å². The van der Waals surface area contributed by atoms with Gasteiger partial charge in [0.2, 0.25) is 0 Å². The van der Waals surface area contributed by atoms with Crippen molar-refractivity contribution in [3.8, 4) is 6.07 Å². The number of aromatic nitrogens is 4. The molecule has 0 saturated carbocycles. The van der Waals surface area contributed by atoms with Gasteiger partial charge in [0, 0.05) is 24.2 Å². The van der Waals surface area contributed by atoms with Crippen LogP contribution in [0.1, 0.15) is 24.4 Å². The quantitative estimate of drug-likeness (QED) is 0.507. The molecule has 6 rings (SSSR count). The first-order chi connectivity index (χ1) is 15.9. The van der Waals surface area contributed by atoms with Gasteiger partial charge in [-0.05, 0) is 37.3 Å². The molecule has 0 radical (unpaired) electrons. The maximum absolute atomic E-state index is 14.6. The zero-order valence-electron chi connectivity index (χ0n) is 18.0. The lowest BCUT2D eigenvalue weighted by Crippen LogP contribution is -2.36. The van der Waals surface area contributed by atoms with Crippen molar-refractivity contribution < 1.29 is 8.78 Å². The van der Waals surface area contributed by atoms with Crippen molar-refractivity contribution in [2.75, 3.05) is 29.4 Å². The van der Waals surface area contributed by atoms with Crippen LogP contribution in [0.4, 0.5) is 20.2 Å². The number of pyridine rings is 1. The molecule has 1 fully saturated rings. The second kappa shape index (κ2) is 7.15. The summed E-state index contributed by atoms with van der Waals surface area (Å²) in [5, 5.41) is 19.2. The normalized spacial score (nSPS) is 22.8. The summed E-state index contributed by atoms with van der Waals surface area (Å²) >= 11 is 0. The van der Waals surface area contributed by atoms with E-state index in [4.69, 9.17) is 10.8 Å². The molecule has 0 spiro atoms. The standard InChI is InChI=1S/C23H22F2N8/c1-13-9-31(21-5-3-15(7-26)33-23(21)17(24)8-28-33)12-22-16-4-2-14(6-20(16)29-32(13)22)30-10-18(25)19(27)11-30/h2-6,8,13,18-19H,9-12,27H2,1H3/t13-,18?,19?/m1/s1. The van der Waals surface area contributed by atoms with Crippen LogP contribution in [0.3, 0.4) is 0 Å². The number of nitrogens with zero attached hydrogens (tertiary/aromatic N) is 7. The molecule has 1 saturated heterocycles. The lowest BCUT2D eigenvalue weighted by atomic mass is 10.1. The number of fused-ring (bicyclic) bond motifs is 4. The average Bonchev–Trinajstić information content (AvgIpc) is 3.48. The Labute approximate surface area is 188 Å². The highest BCUT2D eigenvalue weighted by Crippen LogP contribution is 2.35. The highest BCUT2D eigenvalue weighted by Gasteiger charge is 2.31. The third-order valence-corrected chi connectivity index (χ3v) is 6.73. The predicted octanol–water partition coefficient (Wildman–Crippen LogP) is 2.76. The Morgan fingerprint density at radius 2 is 2.00 bits per heavy atom. The number of alkyl halides is 1. The van der Waals surface area contributed by atoms with Crippen molar-refractivity contribution in [3.05, 3.63) is 53.7 Å². The molecule has 4 aromatic rings. The van der Waals surface area contributed by atoms with Crippen molar-refractivity contribution in [1.82, 2.24) is 19.4 Å². The van der Waals surface area contributed by atoms with Crippen molar-refractivity contribution in [2.45, 2.75) is 31.7 Å². The molecule has 1 aromatic carbocycles. The smallest absolute Gasteiger partial charge is 0.171 e. The van der Waals surface area contributed by atoms with Crippen LogP contribution < -0.4 is 15.5 Å². The van der Waals surface area contributed by atoms with Gasteiger partial charge in [-0.25, -0.2) is 13.3 Å². The summed E-state index contributed by atoms with van der Waals surface area (Å²) in [6.45, 7) is 4.01. The largest absolute Gasteiger partial charge is 0.367 e. The van der Waals surface area contributed by atoms with Gasteiger partial charge in [-0.2, -0.15) is 15.5 Å². The minimum Gasteiger partial charge on any atom is -0.367 e. The first kappa shape index (κ1) is 19.9. The summed E-state index contributed by atoms with van der Waals surface area (Å²) in [4.78, 5) is 4.06. The monoisotopic (exact) mass is 448 g/mol. The zero-order chi connectivity index (χ0) is 22.9. The van der Waals surface area contributed by atoms with Gasteiger partial charge in [0.05, 0.1) is 48.3 Å². The fourth-order valence-electron chi connectivity index (χ4n) is 5.08. The Kier molecular flexibility index (Phi) is 4.32. The van der Waals surface area contributed by atoms with Gasteiger partial charge in [0.25, 0.3) is 0 Å². The second-order valence-electron chi connectivity index (χ2n) is 8.88. The average molecular weight is 448 g/mol. The number of halogens is 2. The Bertz CT molecular complexity index is 1420. The van der Waals surface area contributed by atoms with E-state index in [1.807, 2.05) is 27.8 Å². The van der Waals surface area contributed by atoms with E-state index in [1.54, 1.807) is 12.1 Å². The van der Waals surface area contributed by atoms with Gasteiger partial charge < -0.3 is 15.5 Å². The molecule has 8 nitrogen and oxygen atoms in total. The van der Waals surface area contributed by atoms with E-state index in [1.165, 1.54) is 4.52 Å². The molecule has 3 atom stereocenters. The van der Waals surface area contributed by atoms with E-state index < -0.39 is 18.0 Å². The molecule has 2 aliphatic heterocycles. The first-order valence-corrected chi connectivity index (χ1v) is 10.9. The molecule has 33 heavy (non-hydrogen) atoms. The molecular formula is C23H22F2N8. The SMILES string of the molecule is C[C@@H]1CN(c2ccc(C#N)n3ncc(F)c23)Cc2c3ccc(N4CC(N)C(F)C4)cc3nn21. The number of rotatable bonds is 2. The molecule has 5 heterocycles. The van der Waals surface area contributed by atoms with Crippen LogP contribution in [-0.4, -0.2) is 51.2 Å². The maximum atomic E-state index is 14.6. The van der Waals surface area contributed by atoms with Crippen LogP contribution in [0.5, 0.6) is 0 Å². The van der Waals surface area contributed by atoms with Crippen LogP contribution in [0.15, 0.2) is 36.5 Å². The molecule has 2 N–H and O–H groups in total.